The van der Waals surface area contributed by atoms with Crippen LogP contribution in [-0.4, -0.2) is 29.3 Å². The van der Waals surface area contributed by atoms with Crippen LogP contribution in [0.15, 0.2) is 48.5 Å². The van der Waals surface area contributed by atoms with Gasteiger partial charge in [-0.1, -0.05) is 24.4 Å². The maximum atomic E-state index is 13.1. The van der Waals surface area contributed by atoms with E-state index in [1.807, 2.05) is 12.1 Å². The molecule has 2 atom stereocenters. The maximum Gasteiger partial charge on any atom is 0.255 e. The quantitative estimate of drug-likeness (QED) is 0.756. The van der Waals surface area contributed by atoms with Gasteiger partial charge >= 0.3 is 0 Å². The Morgan fingerprint density at radius 2 is 1.50 bits per heavy atom. The molecule has 2 aromatic rings. The molecule has 0 unspecified atom stereocenters. The lowest BCUT2D eigenvalue weighted by Crippen LogP contribution is -2.49. The molecule has 1 aliphatic heterocycles. The minimum atomic E-state index is -0.197. The Morgan fingerprint density at radius 1 is 0.857 bits per heavy atom. The predicted molar refractivity (Wildman–Crippen MR) is 112 cm³/mol. The van der Waals surface area contributed by atoms with E-state index in [9.17, 15) is 9.59 Å². The number of rotatable bonds is 3. The molecule has 2 fully saturated rings. The molecule has 4 nitrogen and oxygen atoms in total. The fourth-order valence-corrected chi connectivity index (χ4v) is 4.67. The van der Waals surface area contributed by atoms with Crippen molar-refractivity contribution in [3.8, 4) is 0 Å². The molecular weight excluding hydrogens is 372 g/mol. The number of fused-ring (bicyclic) bond motifs is 1. The van der Waals surface area contributed by atoms with Gasteiger partial charge in [0.15, 0.2) is 0 Å². The Balaban J connectivity index is 1.43. The van der Waals surface area contributed by atoms with Crippen LogP contribution in [0, 0.1) is 5.92 Å². The van der Waals surface area contributed by atoms with Gasteiger partial charge < -0.3 is 10.2 Å². The Morgan fingerprint density at radius 3 is 2.25 bits per heavy atom. The van der Waals surface area contributed by atoms with Gasteiger partial charge in [-0.3, -0.25) is 9.59 Å². The third-order valence-electron chi connectivity index (χ3n) is 6.00. The van der Waals surface area contributed by atoms with Crippen molar-refractivity contribution in [2.75, 3.05) is 11.9 Å². The van der Waals surface area contributed by atoms with Gasteiger partial charge in [0.2, 0.25) is 0 Å². The van der Waals surface area contributed by atoms with Crippen molar-refractivity contribution in [1.29, 1.82) is 0 Å². The number of carbonyl (C=O) groups is 2. The number of carbonyl (C=O) groups excluding carboxylic acids is 2. The van der Waals surface area contributed by atoms with E-state index in [2.05, 4.69) is 10.2 Å². The van der Waals surface area contributed by atoms with E-state index >= 15 is 0 Å². The van der Waals surface area contributed by atoms with Crippen LogP contribution < -0.4 is 5.32 Å². The molecule has 2 aliphatic rings. The van der Waals surface area contributed by atoms with E-state index in [0.29, 0.717) is 33.8 Å². The molecule has 1 saturated heterocycles. The van der Waals surface area contributed by atoms with E-state index in [1.165, 1.54) is 25.7 Å². The molecule has 4 rings (SSSR count). The molecule has 0 aromatic heterocycles. The number of benzene rings is 2. The number of piperidine rings is 1. The normalized spacial score (nSPS) is 21.7. The number of nitrogens with one attached hydrogen (secondary N) is 1. The monoisotopic (exact) mass is 396 g/mol. The molecule has 0 spiro atoms. The summed E-state index contributed by atoms with van der Waals surface area (Å²) in [5.41, 5.74) is 1.91. The molecule has 1 saturated carbocycles. The van der Waals surface area contributed by atoms with Crippen molar-refractivity contribution in [1.82, 2.24) is 4.90 Å². The Bertz CT molecular complexity index is 846. The fourth-order valence-electron chi connectivity index (χ4n) is 4.54. The average Bonchev–Trinajstić information content (AvgIpc) is 2.74. The van der Waals surface area contributed by atoms with E-state index in [1.54, 1.807) is 36.4 Å². The molecule has 146 valence electrons. The summed E-state index contributed by atoms with van der Waals surface area (Å²) in [7, 11) is 0. The van der Waals surface area contributed by atoms with Crippen molar-refractivity contribution in [3.63, 3.8) is 0 Å². The van der Waals surface area contributed by atoms with Gasteiger partial charge in [-0.15, -0.1) is 0 Å². The van der Waals surface area contributed by atoms with E-state index in [4.69, 9.17) is 11.6 Å². The molecule has 28 heavy (non-hydrogen) atoms. The van der Waals surface area contributed by atoms with Gasteiger partial charge in [-0.2, -0.15) is 0 Å². The van der Waals surface area contributed by atoms with Gasteiger partial charge in [-0.05, 0) is 80.1 Å². The van der Waals surface area contributed by atoms with Crippen molar-refractivity contribution >= 4 is 29.1 Å². The number of nitrogens with zero attached hydrogens (tertiary/aromatic N) is 1. The van der Waals surface area contributed by atoms with Crippen molar-refractivity contribution in [3.05, 3.63) is 64.7 Å². The highest BCUT2D eigenvalue weighted by molar-refractivity contribution is 6.30. The summed E-state index contributed by atoms with van der Waals surface area (Å²) >= 11 is 5.86. The van der Waals surface area contributed by atoms with Crippen LogP contribution in [-0.2, 0) is 0 Å². The molecular formula is C23H25ClN2O2. The first-order valence-corrected chi connectivity index (χ1v) is 10.5. The van der Waals surface area contributed by atoms with Gasteiger partial charge in [-0.25, -0.2) is 0 Å². The lowest BCUT2D eigenvalue weighted by Gasteiger charge is -2.44. The molecule has 1 N–H and O–H groups in total. The van der Waals surface area contributed by atoms with Crippen molar-refractivity contribution < 1.29 is 9.59 Å². The largest absolute Gasteiger partial charge is 0.335 e. The summed E-state index contributed by atoms with van der Waals surface area (Å²) in [5, 5.41) is 3.46. The zero-order valence-electron chi connectivity index (χ0n) is 15.9. The molecule has 0 bridgehead atoms. The standard InChI is InChI=1S/C23H25ClN2O2/c24-19-11-7-17(8-12-19)22(27)25-20-13-9-18(10-14-20)23(28)26-15-3-5-16-4-1-2-6-21(16)26/h7-14,16,21H,1-6,15H2,(H,25,27)/t16-,21+/m1/s1. The molecule has 5 heteroatoms. The van der Waals surface area contributed by atoms with Crippen molar-refractivity contribution in [2.45, 2.75) is 44.6 Å². The minimum absolute atomic E-state index is 0.118. The van der Waals surface area contributed by atoms with E-state index in [0.717, 1.165) is 19.4 Å². The Labute approximate surface area is 170 Å². The number of halogens is 1. The van der Waals surface area contributed by atoms with Gasteiger partial charge in [0.05, 0.1) is 0 Å². The number of anilines is 1. The second-order valence-corrected chi connectivity index (χ2v) is 8.23. The van der Waals surface area contributed by atoms with Crippen LogP contribution in [0.2, 0.25) is 5.02 Å². The molecule has 2 amide bonds. The van der Waals surface area contributed by atoms with E-state index < -0.39 is 0 Å². The van der Waals surface area contributed by atoms with Crippen LogP contribution >= 0.6 is 11.6 Å². The first-order valence-electron chi connectivity index (χ1n) is 10.1. The number of hydrogen-bond donors (Lipinski definition) is 1. The highest BCUT2D eigenvalue weighted by Gasteiger charge is 2.35. The highest BCUT2D eigenvalue weighted by Crippen LogP contribution is 2.36. The van der Waals surface area contributed by atoms with Crippen LogP contribution in [0.25, 0.3) is 0 Å². The zero-order chi connectivity index (χ0) is 19.5. The first kappa shape index (κ1) is 19.0. The number of amides is 2. The van der Waals surface area contributed by atoms with E-state index in [-0.39, 0.29) is 11.8 Å². The maximum absolute atomic E-state index is 13.1. The Kier molecular flexibility index (Phi) is 5.67. The average molecular weight is 397 g/mol. The van der Waals surface area contributed by atoms with Crippen LogP contribution in [0.3, 0.4) is 0 Å². The summed E-state index contributed by atoms with van der Waals surface area (Å²) in [6, 6.07) is 14.4. The van der Waals surface area contributed by atoms with Crippen molar-refractivity contribution in [2.24, 2.45) is 5.92 Å². The highest BCUT2D eigenvalue weighted by atomic mass is 35.5. The first-order chi connectivity index (χ1) is 13.6. The summed E-state index contributed by atoms with van der Waals surface area (Å²) in [4.78, 5) is 27.5. The predicted octanol–water partition coefficient (Wildman–Crippen LogP) is 5.39. The van der Waals surface area contributed by atoms with Gasteiger partial charge in [0.1, 0.15) is 0 Å². The lowest BCUT2D eigenvalue weighted by molar-refractivity contribution is 0.0390. The topological polar surface area (TPSA) is 49.4 Å². The summed E-state index contributed by atoms with van der Waals surface area (Å²) in [5.74, 6) is 0.591. The number of hydrogen-bond acceptors (Lipinski definition) is 2. The SMILES string of the molecule is O=C(Nc1ccc(C(=O)N2CCC[C@H]3CCCC[C@@H]32)cc1)c1ccc(Cl)cc1. The third kappa shape index (κ3) is 4.07. The fraction of sp³-hybridized carbons (Fsp3) is 0.391. The lowest BCUT2D eigenvalue weighted by atomic mass is 9.78. The molecule has 1 heterocycles. The van der Waals surface area contributed by atoms with Crippen LogP contribution in [0.4, 0.5) is 5.69 Å². The number of likely N-dealkylation sites (tertiary alicyclic amines) is 1. The van der Waals surface area contributed by atoms with Gasteiger partial charge in [0, 0.05) is 34.4 Å². The summed E-state index contributed by atoms with van der Waals surface area (Å²) in [6.45, 7) is 0.856. The molecule has 2 aromatic carbocycles. The summed E-state index contributed by atoms with van der Waals surface area (Å²) in [6.07, 6.45) is 7.26. The minimum Gasteiger partial charge on any atom is -0.335 e. The Hall–Kier alpha value is -2.33. The second-order valence-electron chi connectivity index (χ2n) is 7.79. The molecule has 0 radical (unpaired) electrons. The molecule has 1 aliphatic carbocycles. The zero-order valence-corrected chi connectivity index (χ0v) is 16.6. The van der Waals surface area contributed by atoms with Crippen LogP contribution in [0.5, 0.6) is 0 Å². The second kappa shape index (κ2) is 8.36. The third-order valence-corrected chi connectivity index (χ3v) is 6.25. The summed E-state index contributed by atoms with van der Waals surface area (Å²) < 4.78 is 0. The smallest absolute Gasteiger partial charge is 0.255 e. The van der Waals surface area contributed by atoms with Gasteiger partial charge in [0.25, 0.3) is 11.8 Å². The van der Waals surface area contributed by atoms with Crippen LogP contribution in [0.1, 0.15) is 59.2 Å².